The van der Waals surface area contributed by atoms with Crippen LogP contribution >= 0.6 is 23.4 Å². The Hall–Kier alpha value is -2.38. The lowest BCUT2D eigenvalue weighted by molar-refractivity contribution is -0.113. The molecule has 0 spiro atoms. The Bertz CT molecular complexity index is 912. The van der Waals surface area contributed by atoms with E-state index in [4.69, 9.17) is 11.6 Å². The molecule has 0 bridgehead atoms. The minimum atomic E-state index is -0.151. The molecular weight excluding hydrogens is 358 g/mol. The van der Waals surface area contributed by atoms with Gasteiger partial charge in [0.25, 0.3) is 0 Å². The molecule has 0 aliphatic rings. The Balaban J connectivity index is 1.67. The topological polar surface area (TPSA) is 72.7 Å². The van der Waals surface area contributed by atoms with Crippen molar-refractivity contribution in [2.24, 2.45) is 0 Å². The summed E-state index contributed by atoms with van der Waals surface area (Å²) in [5.41, 5.74) is 3.88. The molecule has 25 heavy (non-hydrogen) atoms. The number of aryl methyl sites for hydroxylation is 2. The van der Waals surface area contributed by atoms with E-state index in [0.29, 0.717) is 15.9 Å². The zero-order valence-corrected chi connectivity index (χ0v) is 15.3. The molecule has 1 N–H and O–H groups in total. The number of hydrogen-bond acceptors (Lipinski definition) is 5. The number of amides is 1. The van der Waals surface area contributed by atoms with Crippen molar-refractivity contribution in [3.63, 3.8) is 0 Å². The fourth-order valence-electron chi connectivity index (χ4n) is 2.18. The summed E-state index contributed by atoms with van der Waals surface area (Å²) in [5.74, 6) is 0.0412. The first-order valence-electron chi connectivity index (χ1n) is 7.57. The van der Waals surface area contributed by atoms with Gasteiger partial charge in [0.1, 0.15) is 0 Å². The summed E-state index contributed by atoms with van der Waals surface area (Å²) in [4.78, 5) is 12.1. The van der Waals surface area contributed by atoms with Gasteiger partial charge in [0.05, 0.1) is 11.4 Å². The number of carbonyl (C=O) groups excluding carboxylic acids is 1. The molecule has 3 aromatic rings. The Kier molecular flexibility index (Phi) is 5.35. The Labute approximate surface area is 154 Å². The molecule has 0 saturated carbocycles. The minimum absolute atomic E-state index is 0.151. The predicted molar refractivity (Wildman–Crippen MR) is 99.4 cm³/mol. The molecule has 6 nitrogen and oxygen atoms in total. The van der Waals surface area contributed by atoms with Crippen LogP contribution in [-0.4, -0.2) is 31.9 Å². The van der Waals surface area contributed by atoms with Gasteiger partial charge in [-0.1, -0.05) is 35.5 Å². The maximum absolute atomic E-state index is 12.1. The van der Waals surface area contributed by atoms with E-state index >= 15 is 0 Å². The van der Waals surface area contributed by atoms with Gasteiger partial charge in [-0.3, -0.25) is 4.79 Å². The van der Waals surface area contributed by atoms with Crippen LogP contribution in [0.25, 0.3) is 5.69 Å². The van der Waals surface area contributed by atoms with Crippen molar-refractivity contribution in [1.82, 2.24) is 20.2 Å². The second kappa shape index (κ2) is 7.67. The van der Waals surface area contributed by atoms with Gasteiger partial charge in [-0.25, -0.2) is 0 Å². The zero-order valence-electron chi connectivity index (χ0n) is 13.7. The molecule has 1 amide bonds. The SMILES string of the molecule is Cc1ccc(-n2nnnc2SCC(=O)Nc2cccc(Cl)c2)cc1C. The number of hydrogen-bond donors (Lipinski definition) is 1. The normalized spacial score (nSPS) is 10.7. The van der Waals surface area contributed by atoms with E-state index in [1.165, 1.54) is 17.3 Å². The van der Waals surface area contributed by atoms with Crippen LogP contribution in [0.5, 0.6) is 0 Å². The molecule has 1 aromatic heterocycles. The summed E-state index contributed by atoms with van der Waals surface area (Å²) in [7, 11) is 0. The third kappa shape index (κ3) is 4.37. The van der Waals surface area contributed by atoms with Gasteiger partial charge in [-0.05, 0) is 65.7 Å². The number of tetrazole rings is 1. The Morgan fingerprint density at radius 2 is 2.04 bits per heavy atom. The van der Waals surface area contributed by atoms with E-state index in [-0.39, 0.29) is 11.7 Å². The third-order valence-corrected chi connectivity index (χ3v) is 4.77. The molecule has 3 rings (SSSR count). The molecule has 0 fully saturated rings. The van der Waals surface area contributed by atoms with Gasteiger partial charge in [0.2, 0.25) is 11.1 Å². The zero-order chi connectivity index (χ0) is 17.8. The molecule has 0 atom stereocenters. The number of thioether (sulfide) groups is 1. The molecule has 1 heterocycles. The maximum Gasteiger partial charge on any atom is 0.234 e. The molecule has 0 unspecified atom stereocenters. The second-order valence-corrected chi connectivity index (χ2v) is 6.87. The third-order valence-electron chi connectivity index (χ3n) is 3.62. The molecule has 8 heteroatoms. The number of halogens is 1. The second-order valence-electron chi connectivity index (χ2n) is 5.49. The predicted octanol–water partition coefficient (Wildman–Crippen LogP) is 3.66. The minimum Gasteiger partial charge on any atom is -0.325 e. The quantitative estimate of drug-likeness (QED) is 0.691. The fourth-order valence-corrected chi connectivity index (χ4v) is 3.06. The van der Waals surface area contributed by atoms with E-state index in [2.05, 4.69) is 27.8 Å². The summed E-state index contributed by atoms with van der Waals surface area (Å²) in [6, 6.07) is 13.0. The van der Waals surface area contributed by atoms with Crippen molar-refractivity contribution in [3.8, 4) is 5.69 Å². The van der Waals surface area contributed by atoms with Crippen molar-refractivity contribution >= 4 is 35.0 Å². The van der Waals surface area contributed by atoms with Crippen LogP contribution in [0.1, 0.15) is 11.1 Å². The first-order chi connectivity index (χ1) is 12.0. The van der Waals surface area contributed by atoms with E-state index < -0.39 is 0 Å². The van der Waals surface area contributed by atoms with Gasteiger partial charge in [-0.2, -0.15) is 4.68 Å². The van der Waals surface area contributed by atoms with Gasteiger partial charge in [0.15, 0.2) is 0 Å². The van der Waals surface area contributed by atoms with Crippen LogP contribution in [-0.2, 0) is 4.79 Å². The molecule has 128 valence electrons. The standard InChI is InChI=1S/C17H16ClN5OS/c1-11-6-7-15(8-12(11)2)23-17(20-21-22-23)25-10-16(24)19-14-5-3-4-13(18)9-14/h3-9H,10H2,1-2H3,(H,19,24). The first kappa shape index (κ1) is 17.4. The summed E-state index contributed by atoms with van der Waals surface area (Å²) in [6.07, 6.45) is 0. The lowest BCUT2D eigenvalue weighted by atomic mass is 10.1. The van der Waals surface area contributed by atoms with Crippen LogP contribution < -0.4 is 5.32 Å². The highest BCUT2D eigenvalue weighted by molar-refractivity contribution is 7.99. The van der Waals surface area contributed by atoms with Crippen LogP contribution in [0.3, 0.4) is 0 Å². The lowest BCUT2D eigenvalue weighted by Gasteiger charge is -2.07. The van der Waals surface area contributed by atoms with Gasteiger partial charge < -0.3 is 5.32 Å². The smallest absolute Gasteiger partial charge is 0.234 e. The number of aromatic nitrogens is 4. The van der Waals surface area contributed by atoms with Crippen LogP contribution in [0.2, 0.25) is 5.02 Å². The highest BCUT2D eigenvalue weighted by atomic mass is 35.5. The molecule has 0 radical (unpaired) electrons. The van der Waals surface area contributed by atoms with Crippen molar-refractivity contribution in [3.05, 3.63) is 58.6 Å². The van der Waals surface area contributed by atoms with E-state index in [1.54, 1.807) is 28.9 Å². The summed E-state index contributed by atoms with van der Waals surface area (Å²) < 4.78 is 1.63. The average molecular weight is 374 g/mol. The number of nitrogens with one attached hydrogen (secondary N) is 1. The summed E-state index contributed by atoms with van der Waals surface area (Å²) in [6.45, 7) is 4.09. The highest BCUT2D eigenvalue weighted by Crippen LogP contribution is 2.21. The van der Waals surface area contributed by atoms with Crippen LogP contribution in [0, 0.1) is 13.8 Å². The number of carbonyl (C=O) groups is 1. The molecular formula is C17H16ClN5OS. The Morgan fingerprint density at radius 1 is 1.20 bits per heavy atom. The molecule has 0 aliphatic carbocycles. The summed E-state index contributed by atoms with van der Waals surface area (Å²) >= 11 is 7.18. The number of nitrogens with zero attached hydrogens (tertiary/aromatic N) is 4. The maximum atomic E-state index is 12.1. The Morgan fingerprint density at radius 3 is 2.80 bits per heavy atom. The summed E-state index contributed by atoms with van der Waals surface area (Å²) in [5, 5.41) is 15.7. The monoisotopic (exact) mass is 373 g/mol. The largest absolute Gasteiger partial charge is 0.325 e. The molecule has 0 aliphatic heterocycles. The van der Waals surface area contributed by atoms with Gasteiger partial charge in [-0.15, -0.1) is 5.10 Å². The van der Waals surface area contributed by atoms with E-state index in [0.717, 1.165) is 11.3 Å². The van der Waals surface area contributed by atoms with Crippen LogP contribution in [0.4, 0.5) is 5.69 Å². The fraction of sp³-hybridized carbons (Fsp3) is 0.176. The van der Waals surface area contributed by atoms with Crippen molar-refractivity contribution in [1.29, 1.82) is 0 Å². The first-order valence-corrected chi connectivity index (χ1v) is 8.93. The van der Waals surface area contributed by atoms with E-state index in [9.17, 15) is 4.79 Å². The molecule has 2 aromatic carbocycles. The van der Waals surface area contributed by atoms with Gasteiger partial charge in [0, 0.05) is 10.7 Å². The lowest BCUT2D eigenvalue weighted by Crippen LogP contribution is -2.14. The number of benzene rings is 2. The van der Waals surface area contributed by atoms with Crippen LogP contribution in [0.15, 0.2) is 47.6 Å². The average Bonchev–Trinajstić information content (AvgIpc) is 3.04. The van der Waals surface area contributed by atoms with Crippen molar-refractivity contribution in [2.75, 3.05) is 11.1 Å². The van der Waals surface area contributed by atoms with Gasteiger partial charge >= 0.3 is 0 Å². The number of anilines is 1. The van der Waals surface area contributed by atoms with Crippen molar-refractivity contribution < 1.29 is 4.79 Å². The van der Waals surface area contributed by atoms with E-state index in [1.807, 2.05) is 25.1 Å². The molecule has 0 saturated heterocycles. The van der Waals surface area contributed by atoms with Crippen molar-refractivity contribution in [2.45, 2.75) is 19.0 Å². The highest BCUT2D eigenvalue weighted by Gasteiger charge is 2.12. The number of rotatable bonds is 5.